The first-order valence-electron chi connectivity index (χ1n) is 39.4. The van der Waals surface area contributed by atoms with Crippen LogP contribution in [0.1, 0.15) is 162 Å². The molecule has 1 unspecified atom stereocenters. The fourth-order valence-corrected chi connectivity index (χ4v) is 17.7. The van der Waals surface area contributed by atoms with Crippen LogP contribution in [0.4, 0.5) is 14.4 Å². The standard InChI is InChI=1S/C21H28N2O5S.C21H27NO5S.C17H22N2O4S.C17H22N2O3S.C11H19NO4.CH4/c1-5-6-15-27-16-7-9-17(10-8-16)29-21(18(24)22-26)11-13-23(14-12-21)19(25)28-20(2,3)4;1-5-6-15-26-16-7-9-17(10-8-16)28-21(18(23)24)11-13-22(14-12-21)19(25)27-20(2,3)4;1-3-4-13-23-14-5-7-15(8-6-14)24(22)17(16(20)18-21)9-11-19(2)12-10-17;1-3-4-13-22-14-5-7-15(8-6-14)23-17(16(20)18-21)9-11-19(2)12-10-17;1-11(2,3)16-10(15)12-6-4-8(5-7-12)9(13)14;/h7-10,26H,11-15H2,1-4H3,(H,22,24);7-10H,11-15H2,1-4H3,(H,23,24);5-8,21H,9-13H2,1-2H3,(H,18,20);5-8,21H,9-13H2,1-2H3,(H,18,20);8H,4-7H2,1-3H3,(H,13,14);1H4. The summed E-state index contributed by atoms with van der Waals surface area (Å²) in [6.45, 7) is 30.0. The van der Waals surface area contributed by atoms with E-state index in [0.29, 0.717) is 165 Å². The number of nitrogens with zero attached hydrogens (tertiary/aromatic N) is 5. The molecule has 4 aromatic rings. The van der Waals surface area contributed by atoms with E-state index in [1.165, 1.54) is 35.3 Å². The van der Waals surface area contributed by atoms with Gasteiger partial charge in [0.2, 0.25) is 0 Å². The van der Waals surface area contributed by atoms with E-state index in [1.807, 2.05) is 155 Å². The van der Waals surface area contributed by atoms with Crippen molar-refractivity contribution in [1.82, 2.24) is 40.9 Å². The Labute approximate surface area is 728 Å². The van der Waals surface area contributed by atoms with E-state index in [4.69, 9.17) is 48.7 Å². The minimum absolute atomic E-state index is 0. The molecule has 5 fully saturated rings. The molecule has 6 amide bonds. The molecule has 5 saturated heterocycles. The number of ether oxygens (including phenoxy) is 7. The highest BCUT2D eigenvalue weighted by Crippen LogP contribution is 2.45. The maximum atomic E-state index is 13.1. The number of nitrogens with one attached hydrogen (secondary N) is 3. The van der Waals surface area contributed by atoms with Crippen molar-refractivity contribution in [2.75, 3.05) is 106 Å². The highest BCUT2D eigenvalue weighted by atomic mass is 32.2. The quantitative estimate of drug-likeness (QED) is 0.0166. The summed E-state index contributed by atoms with van der Waals surface area (Å²) in [5.74, 6) is 21.8. The number of benzene rings is 4. The molecular formula is C88H122N8O21S4. The monoisotopic (exact) mass is 1750 g/mol. The van der Waals surface area contributed by atoms with Crippen molar-refractivity contribution in [1.29, 1.82) is 0 Å². The van der Waals surface area contributed by atoms with Gasteiger partial charge in [-0.2, -0.15) is 0 Å². The number of hydrogen-bond donors (Lipinski definition) is 8. The number of hydrogen-bond acceptors (Lipinski definition) is 24. The lowest BCUT2D eigenvalue weighted by Gasteiger charge is -2.39. The lowest BCUT2D eigenvalue weighted by molar-refractivity contribution is -0.143. The van der Waals surface area contributed by atoms with Gasteiger partial charge in [-0.05, 0) is 292 Å². The Bertz CT molecular complexity index is 4280. The Hall–Kier alpha value is -9.52. The van der Waals surface area contributed by atoms with E-state index in [0.717, 1.165) is 33.5 Å². The van der Waals surface area contributed by atoms with Crippen molar-refractivity contribution < 1.29 is 102 Å². The van der Waals surface area contributed by atoms with Gasteiger partial charge in [0.15, 0.2) is 0 Å². The third-order valence-corrected chi connectivity index (χ3v) is 25.7. The van der Waals surface area contributed by atoms with Gasteiger partial charge in [-0.15, -0.1) is 59.0 Å². The molecule has 0 radical (unpaired) electrons. The molecule has 5 aliphatic heterocycles. The van der Waals surface area contributed by atoms with E-state index in [2.05, 4.69) is 57.2 Å². The summed E-state index contributed by atoms with van der Waals surface area (Å²) >= 11 is 4.20. The molecule has 8 N–H and O–H groups in total. The molecule has 4 aromatic carbocycles. The molecule has 5 heterocycles. The van der Waals surface area contributed by atoms with Crippen LogP contribution in [0.5, 0.6) is 23.0 Å². The van der Waals surface area contributed by atoms with Gasteiger partial charge in [-0.25, -0.2) is 30.8 Å². The van der Waals surface area contributed by atoms with Crippen LogP contribution in [0.25, 0.3) is 0 Å². The number of thioether (sulfide) groups is 3. The van der Waals surface area contributed by atoms with Crippen LogP contribution >= 0.6 is 35.3 Å². The predicted molar refractivity (Wildman–Crippen MR) is 466 cm³/mol. The Kier molecular flexibility index (Phi) is 43.0. The van der Waals surface area contributed by atoms with E-state index in [-0.39, 0.29) is 25.3 Å². The Balaban J connectivity index is 0.000000321. The summed E-state index contributed by atoms with van der Waals surface area (Å²) in [5, 5.41) is 46.1. The molecule has 121 heavy (non-hydrogen) atoms. The number of rotatable bonds is 21. The van der Waals surface area contributed by atoms with Crippen LogP contribution in [0.15, 0.2) is 117 Å². The smallest absolute Gasteiger partial charge is 0.410 e. The van der Waals surface area contributed by atoms with E-state index in [9.17, 15) is 52.9 Å². The minimum atomic E-state index is -1.57. The molecule has 1 atom stereocenters. The third-order valence-electron chi connectivity index (χ3n) is 19.2. The lowest BCUT2D eigenvalue weighted by Crippen LogP contribution is -2.55. The van der Waals surface area contributed by atoms with Gasteiger partial charge in [-0.1, -0.05) is 31.1 Å². The first-order chi connectivity index (χ1) is 56.8. The molecule has 5 aliphatic rings. The number of hydroxylamine groups is 3. The Morgan fingerprint density at radius 2 is 0.678 bits per heavy atom. The van der Waals surface area contributed by atoms with Crippen LogP contribution in [0.2, 0.25) is 0 Å². The maximum Gasteiger partial charge on any atom is 0.410 e. The second-order valence-electron chi connectivity index (χ2n) is 31.5. The Morgan fingerprint density at radius 1 is 0.413 bits per heavy atom. The van der Waals surface area contributed by atoms with Gasteiger partial charge in [0, 0.05) is 58.9 Å². The van der Waals surface area contributed by atoms with Crippen molar-refractivity contribution in [3.05, 3.63) is 97.1 Å². The van der Waals surface area contributed by atoms with Gasteiger partial charge in [-0.3, -0.25) is 43.8 Å². The number of carboxylic acid groups (broad SMARTS) is 2. The average Bonchev–Trinajstić information content (AvgIpc) is 0.783. The fourth-order valence-electron chi connectivity index (χ4n) is 12.4. The first-order valence-corrected chi connectivity index (χ1v) is 43.0. The van der Waals surface area contributed by atoms with Gasteiger partial charge in [0.25, 0.3) is 17.7 Å². The van der Waals surface area contributed by atoms with Gasteiger partial charge in [0.05, 0.1) is 16.7 Å². The minimum Gasteiger partial charge on any atom is -0.481 e. The molecule has 33 heteroatoms. The second-order valence-corrected chi connectivity index (χ2v) is 37.7. The van der Waals surface area contributed by atoms with Crippen LogP contribution in [0.3, 0.4) is 0 Å². The zero-order valence-corrected chi connectivity index (χ0v) is 74.7. The fraction of sp³-hybridized carbons (Fsp3) is 0.545. The van der Waals surface area contributed by atoms with Gasteiger partial charge >= 0.3 is 30.2 Å². The largest absolute Gasteiger partial charge is 0.481 e. The number of amides is 6. The molecular weight excluding hydrogens is 1630 g/mol. The topological polar surface area (TPSA) is 372 Å². The van der Waals surface area contributed by atoms with Crippen molar-refractivity contribution in [2.24, 2.45) is 5.92 Å². The first kappa shape index (κ1) is 104. The molecule has 0 spiro atoms. The normalized spacial score (nSPS) is 16.7. The Morgan fingerprint density at radius 3 is 0.950 bits per heavy atom. The summed E-state index contributed by atoms with van der Waals surface area (Å²) in [6.07, 6.45) is 3.63. The van der Waals surface area contributed by atoms with Crippen molar-refractivity contribution in [3.8, 4) is 70.4 Å². The van der Waals surface area contributed by atoms with Crippen molar-refractivity contribution >= 4 is 94.0 Å². The zero-order chi connectivity index (χ0) is 88.9. The summed E-state index contributed by atoms with van der Waals surface area (Å²) < 4.78 is 47.4. The number of likely N-dealkylation sites (tertiary alicyclic amines) is 5. The number of carbonyl (C=O) groups excluding carboxylic acids is 6. The SMILES string of the molecule is C.CC#CCOc1ccc(S(=O)C2(C(=O)NO)CCN(C)CC2)cc1.CC#CCOc1ccc(SC2(C(=O)NO)CCN(C(=O)OC(C)(C)C)CC2)cc1.CC#CCOc1ccc(SC2(C(=O)NO)CCN(C)CC2)cc1.CC#CCOc1ccc(SC2(C(=O)O)CCN(C(=O)OC(C)(C)C)CC2)cc1.CC(C)(C)OC(=O)N1CCC(C(=O)O)CC1. The molecule has 0 aromatic heterocycles. The van der Waals surface area contributed by atoms with E-state index < -0.39 is 82.5 Å². The molecule has 29 nitrogen and oxygen atoms in total. The maximum absolute atomic E-state index is 13.1. The highest BCUT2D eigenvalue weighted by Gasteiger charge is 2.49. The lowest BCUT2D eigenvalue weighted by atomic mass is 9.95. The molecule has 0 bridgehead atoms. The van der Waals surface area contributed by atoms with Crippen molar-refractivity contribution in [2.45, 2.75) is 217 Å². The van der Waals surface area contributed by atoms with E-state index >= 15 is 0 Å². The number of piperidine rings is 5. The summed E-state index contributed by atoms with van der Waals surface area (Å²) in [4.78, 5) is 108. The zero-order valence-electron chi connectivity index (χ0n) is 71.4. The summed E-state index contributed by atoms with van der Waals surface area (Å²) in [5.41, 5.74) is 3.68. The molecule has 9 rings (SSSR count). The number of aliphatic carboxylic acids is 2. The van der Waals surface area contributed by atoms with Crippen LogP contribution in [0, 0.1) is 53.3 Å². The highest BCUT2D eigenvalue weighted by molar-refractivity contribution is 8.02. The van der Waals surface area contributed by atoms with Gasteiger partial charge < -0.3 is 67.9 Å². The van der Waals surface area contributed by atoms with E-state index in [1.54, 1.807) is 77.6 Å². The van der Waals surface area contributed by atoms with Crippen LogP contribution < -0.4 is 35.4 Å². The van der Waals surface area contributed by atoms with Crippen LogP contribution in [-0.4, -0.2) is 244 Å². The number of carbonyl (C=O) groups is 8. The number of carboxylic acids is 2. The molecule has 0 aliphatic carbocycles. The predicted octanol–water partition coefficient (Wildman–Crippen LogP) is 13.2. The summed E-state index contributed by atoms with van der Waals surface area (Å²) in [6, 6.07) is 29.1. The van der Waals surface area contributed by atoms with Crippen LogP contribution in [-0.2, 0) is 49.0 Å². The summed E-state index contributed by atoms with van der Waals surface area (Å²) in [7, 11) is 2.42. The molecule has 0 saturated carbocycles. The third kappa shape index (κ3) is 34.4. The average molecular weight is 1760 g/mol. The van der Waals surface area contributed by atoms with Gasteiger partial charge in [0.1, 0.15) is 85.2 Å². The second kappa shape index (κ2) is 50.2. The van der Waals surface area contributed by atoms with Crippen molar-refractivity contribution in [3.63, 3.8) is 0 Å². The molecule has 664 valence electrons.